The summed E-state index contributed by atoms with van der Waals surface area (Å²) in [5, 5.41) is 9.98. The molecule has 7 heteroatoms. The average molecular weight is 365 g/mol. The van der Waals surface area contributed by atoms with E-state index in [1.165, 1.54) is 0 Å². The maximum absolute atomic E-state index is 13.3. The smallest absolute Gasteiger partial charge is 0.230 e. The quantitative estimate of drug-likeness (QED) is 0.815. The van der Waals surface area contributed by atoms with Crippen molar-refractivity contribution in [3.63, 3.8) is 0 Å². The van der Waals surface area contributed by atoms with Crippen LogP contribution in [0.1, 0.15) is 44.9 Å². The molecule has 1 saturated carbocycles. The number of aliphatic hydroxyl groups is 1. The molecule has 1 aliphatic carbocycles. The summed E-state index contributed by atoms with van der Waals surface area (Å²) in [6.07, 6.45) is 7.82. The van der Waals surface area contributed by atoms with Gasteiger partial charge in [0.25, 0.3) is 0 Å². The highest BCUT2D eigenvalue weighted by molar-refractivity contribution is 6.28. The van der Waals surface area contributed by atoms with Crippen LogP contribution >= 0.6 is 11.6 Å². The highest BCUT2D eigenvalue weighted by Crippen LogP contribution is 2.43. The molecule has 6 nitrogen and oxygen atoms in total. The van der Waals surface area contributed by atoms with Crippen LogP contribution in [0.5, 0.6) is 0 Å². The number of hydrogen-bond acceptors (Lipinski definition) is 5. The lowest BCUT2D eigenvalue weighted by atomic mass is 9.78. The van der Waals surface area contributed by atoms with E-state index in [-0.39, 0.29) is 16.8 Å². The lowest BCUT2D eigenvalue weighted by Crippen LogP contribution is -2.50. The van der Waals surface area contributed by atoms with E-state index in [9.17, 15) is 9.90 Å². The Morgan fingerprint density at radius 2 is 2.00 bits per heavy atom. The third-order valence-corrected chi connectivity index (χ3v) is 6.35. The zero-order chi connectivity index (χ0) is 17.4. The number of aromatic nitrogens is 2. The molecule has 1 amide bonds. The molecule has 2 aliphatic heterocycles. The molecule has 3 heterocycles. The van der Waals surface area contributed by atoms with Crippen molar-refractivity contribution < 1.29 is 9.90 Å². The van der Waals surface area contributed by atoms with Gasteiger partial charge < -0.3 is 14.9 Å². The summed E-state index contributed by atoms with van der Waals surface area (Å²) in [6.45, 7) is 2.46. The van der Waals surface area contributed by atoms with Crippen molar-refractivity contribution in [2.24, 2.45) is 5.41 Å². The predicted octanol–water partition coefficient (Wildman–Crippen LogP) is 2.25. The van der Waals surface area contributed by atoms with E-state index < -0.39 is 0 Å². The molecule has 2 saturated heterocycles. The fourth-order valence-electron chi connectivity index (χ4n) is 4.77. The van der Waals surface area contributed by atoms with Gasteiger partial charge in [-0.2, -0.15) is 0 Å². The fraction of sp³-hybridized carbons (Fsp3) is 0.722. The summed E-state index contributed by atoms with van der Waals surface area (Å²) >= 11 is 5.94. The van der Waals surface area contributed by atoms with Gasteiger partial charge in [-0.3, -0.25) is 4.79 Å². The number of likely N-dealkylation sites (tertiary alicyclic amines) is 1. The van der Waals surface area contributed by atoms with Gasteiger partial charge in [0.2, 0.25) is 11.2 Å². The van der Waals surface area contributed by atoms with Gasteiger partial charge in [0.1, 0.15) is 5.82 Å². The van der Waals surface area contributed by atoms with Crippen LogP contribution in [0.25, 0.3) is 0 Å². The summed E-state index contributed by atoms with van der Waals surface area (Å²) in [4.78, 5) is 25.8. The van der Waals surface area contributed by atoms with Gasteiger partial charge in [0.15, 0.2) is 0 Å². The fourth-order valence-corrected chi connectivity index (χ4v) is 4.92. The van der Waals surface area contributed by atoms with Crippen LogP contribution in [0.4, 0.5) is 5.82 Å². The number of carbonyl (C=O) groups is 1. The van der Waals surface area contributed by atoms with Crippen molar-refractivity contribution >= 4 is 23.3 Å². The van der Waals surface area contributed by atoms with E-state index in [1.807, 2.05) is 6.07 Å². The molecular weight excluding hydrogens is 340 g/mol. The van der Waals surface area contributed by atoms with Crippen LogP contribution in [0, 0.1) is 5.41 Å². The Balaban J connectivity index is 1.49. The number of piperidine rings is 1. The van der Waals surface area contributed by atoms with Crippen molar-refractivity contribution in [3.05, 3.63) is 17.5 Å². The molecule has 0 bridgehead atoms. The molecule has 3 aliphatic rings. The van der Waals surface area contributed by atoms with E-state index in [0.29, 0.717) is 18.5 Å². The summed E-state index contributed by atoms with van der Waals surface area (Å²) in [6, 6.07) is 2.17. The summed E-state index contributed by atoms with van der Waals surface area (Å²) in [7, 11) is 0. The molecule has 1 aromatic heterocycles. The minimum Gasteiger partial charge on any atom is -0.393 e. The molecule has 1 aromatic rings. The zero-order valence-corrected chi connectivity index (χ0v) is 15.2. The van der Waals surface area contributed by atoms with Gasteiger partial charge in [0, 0.05) is 31.9 Å². The van der Waals surface area contributed by atoms with E-state index in [1.54, 1.807) is 6.20 Å². The van der Waals surface area contributed by atoms with E-state index in [4.69, 9.17) is 11.6 Å². The number of hydrogen-bond donors (Lipinski definition) is 1. The van der Waals surface area contributed by atoms with E-state index in [0.717, 1.165) is 63.9 Å². The van der Waals surface area contributed by atoms with Gasteiger partial charge in [0.05, 0.1) is 11.5 Å². The number of anilines is 1. The second-order valence-electron chi connectivity index (χ2n) is 7.70. The summed E-state index contributed by atoms with van der Waals surface area (Å²) in [5.74, 6) is 1.12. The molecule has 25 heavy (non-hydrogen) atoms. The van der Waals surface area contributed by atoms with Crippen molar-refractivity contribution in [1.29, 1.82) is 0 Å². The monoisotopic (exact) mass is 364 g/mol. The largest absolute Gasteiger partial charge is 0.393 e. The van der Waals surface area contributed by atoms with Crippen LogP contribution in [0.2, 0.25) is 5.28 Å². The highest BCUT2D eigenvalue weighted by atomic mass is 35.5. The van der Waals surface area contributed by atoms with E-state index in [2.05, 4.69) is 19.8 Å². The lowest BCUT2D eigenvalue weighted by molar-refractivity contribution is -0.139. The lowest BCUT2D eigenvalue weighted by Gasteiger charge is -2.40. The molecule has 1 atom stereocenters. The Morgan fingerprint density at radius 3 is 2.76 bits per heavy atom. The minimum atomic E-state index is -0.286. The molecule has 3 fully saturated rings. The second-order valence-corrected chi connectivity index (χ2v) is 8.04. The predicted molar refractivity (Wildman–Crippen MR) is 95.5 cm³/mol. The van der Waals surface area contributed by atoms with Crippen LogP contribution in [0.3, 0.4) is 0 Å². The molecule has 1 spiro atoms. The Bertz CT molecular complexity index is 650. The van der Waals surface area contributed by atoms with Crippen LogP contribution < -0.4 is 4.90 Å². The topological polar surface area (TPSA) is 69.6 Å². The number of amides is 1. The summed E-state index contributed by atoms with van der Waals surface area (Å²) in [5.41, 5.74) is -0.286. The van der Waals surface area contributed by atoms with Gasteiger partial charge in [-0.1, -0.05) is 0 Å². The number of carbonyl (C=O) groups excluding carboxylic acids is 1. The van der Waals surface area contributed by atoms with Crippen molar-refractivity contribution in [2.75, 3.05) is 24.5 Å². The average Bonchev–Trinajstić information content (AvgIpc) is 2.92. The molecule has 0 radical (unpaired) electrons. The first-order valence-electron chi connectivity index (χ1n) is 9.30. The number of halogens is 1. The third kappa shape index (κ3) is 3.22. The SMILES string of the molecule is O=C1N([C@H]2CC[C@H](O)CC2)CCC12CCCN(c1ccnc(Cl)n1)C2. The number of rotatable bonds is 2. The first kappa shape index (κ1) is 17.0. The van der Waals surface area contributed by atoms with Crippen molar-refractivity contribution in [3.8, 4) is 0 Å². The first-order chi connectivity index (χ1) is 12.1. The Labute approximate surface area is 153 Å². The van der Waals surface area contributed by atoms with Gasteiger partial charge in [-0.15, -0.1) is 0 Å². The molecule has 1 N–H and O–H groups in total. The third-order valence-electron chi connectivity index (χ3n) is 6.17. The number of nitrogens with zero attached hydrogens (tertiary/aromatic N) is 4. The van der Waals surface area contributed by atoms with Crippen LogP contribution in [0.15, 0.2) is 12.3 Å². The molecule has 4 rings (SSSR count). The van der Waals surface area contributed by atoms with Crippen molar-refractivity contribution in [2.45, 2.75) is 57.1 Å². The molecule has 0 aromatic carbocycles. The van der Waals surface area contributed by atoms with Gasteiger partial charge in [-0.05, 0) is 62.6 Å². The molecule has 136 valence electrons. The van der Waals surface area contributed by atoms with Crippen LogP contribution in [-0.4, -0.2) is 57.7 Å². The zero-order valence-electron chi connectivity index (χ0n) is 14.4. The second kappa shape index (κ2) is 6.72. The van der Waals surface area contributed by atoms with Gasteiger partial charge in [-0.25, -0.2) is 9.97 Å². The van der Waals surface area contributed by atoms with Crippen LogP contribution in [-0.2, 0) is 4.79 Å². The highest BCUT2D eigenvalue weighted by Gasteiger charge is 2.50. The Hall–Kier alpha value is -1.40. The molecule has 1 unspecified atom stereocenters. The van der Waals surface area contributed by atoms with Crippen molar-refractivity contribution in [1.82, 2.24) is 14.9 Å². The van der Waals surface area contributed by atoms with Gasteiger partial charge >= 0.3 is 0 Å². The van der Waals surface area contributed by atoms with E-state index >= 15 is 0 Å². The standard InChI is InChI=1S/C18H25ClN4O2/c19-17-20-9-6-15(21-17)22-10-1-7-18(12-22)8-11-23(16(18)25)13-2-4-14(24)5-3-13/h6,9,13-14,24H,1-5,7-8,10-12H2/t13-,14-,18?. The first-order valence-corrected chi connectivity index (χ1v) is 9.68. The number of aliphatic hydroxyl groups excluding tert-OH is 1. The minimum absolute atomic E-state index is 0.185. The summed E-state index contributed by atoms with van der Waals surface area (Å²) < 4.78 is 0. The molecular formula is C18H25ClN4O2. The maximum Gasteiger partial charge on any atom is 0.230 e. The Kier molecular flexibility index (Phi) is 4.58. The maximum atomic E-state index is 13.3. The normalized spacial score (nSPS) is 33.3. The Morgan fingerprint density at radius 1 is 1.20 bits per heavy atom.